The fourth-order valence-electron chi connectivity index (χ4n) is 4.23. The van der Waals surface area contributed by atoms with E-state index in [1.807, 2.05) is 30.3 Å². The van der Waals surface area contributed by atoms with Crippen LogP contribution in [0.5, 0.6) is 0 Å². The number of piperazine rings is 1. The Bertz CT molecular complexity index is 1230. The highest BCUT2D eigenvalue weighted by Gasteiger charge is 2.34. The second-order valence-corrected chi connectivity index (χ2v) is 10.0. The molecule has 0 spiro atoms. The van der Waals surface area contributed by atoms with E-state index in [9.17, 15) is 14.0 Å². The first kappa shape index (κ1) is 23.7. The van der Waals surface area contributed by atoms with Crippen molar-refractivity contribution in [2.24, 2.45) is 0 Å². The first-order valence-corrected chi connectivity index (χ1v) is 12.6. The van der Waals surface area contributed by atoms with Crippen LogP contribution in [-0.4, -0.2) is 48.3 Å². The summed E-state index contributed by atoms with van der Waals surface area (Å²) in [6, 6.07) is 19.2. The average molecular weight is 511 g/mol. The molecule has 0 radical (unpaired) electrons. The fourth-order valence-corrected chi connectivity index (χ4v) is 5.51. The first-order valence-electron chi connectivity index (χ1n) is 11.3. The van der Waals surface area contributed by atoms with Crippen LogP contribution in [0.4, 0.5) is 15.8 Å². The molecule has 1 saturated heterocycles. The number of rotatable bonds is 5. The van der Waals surface area contributed by atoms with Crippen LogP contribution in [0.2, 0.25) is 5.02 Å². The third kappa shape index (κ3) is 5.45. The molecule has 2 aliphatic rings. The van der Waals surface area contributed by atoms with Crippen molar-refractivity contribution in [3.05, 3.63) is 88.7 Å². The molecule has 0 bridgehead atoms. The van der Waals surface area contributed by atoms with E-state index < -0.39 is 0 Å². The Morgan fingerprint density at radius 3 is 2.46 bits per heavy atom. The number of anilines is 2. The van der Waals surface area contributed by atoms with Gasteiger partial charge in [0.2, 0.25) is 0 Å². The Labute approximate surface area is 212 Å². The lowest BCUT2D eigenvalue weighted by Crippen LogP contribution is -2.53. The molecule has 0 aliphatic carbocycles. The summed E-state index contributed by atoms with van der Waals surface area (Å²) in [5.74, 6) is -0.645. The lowest BCUT2D eigenvalue weighted by atomic mass is 10.1. The van der Waals surface area contributed by atoms with E-state index in [2.05, 4.69) is 20.4 Å². The molecule has 2 amide bonds. The fraction of sp³-hybridized carbons (Fsp3) is 0.231. The van der Waals surface area contributed by atoms with Crippen LogP contribution in [0.15, 0.2) is 71.6 Å². The molecule has 1 atom stereocenters. The SMILES string of the molecule is O=C(NCc1ccc(F)cc1)c1ccc2c(c1)NC(=O)[C@@H](N1CCN(c3ccc(Cl)cc3)CC1)S2. The van der Waals surface area contributed by atoms with Gasteiger partial charge in [-0.15, -0.1) is 0 Å². The predicted octanol–water partition coefficient (Wildman–Crippen LogP) is 4.60. The summed E-state index contributed by atoms with van der Waals surface area (Å²) in [6.45, 7) is 3.49. The number of hydrogen-bond donors (Lipinski definition) is 2. The van der Waals surface area contributed by atoms with Gasteiger partial charge in [0.05, 0.1) is 5.69 Å². The molecule has 3 aromatic carbocycles. The molecule has 35 heavy (non-hydrogen) atoms. The molecular formula is C26H24ClFN4O2S. The molecule has 5 rings (SSSR count). The molecule has 2 N–H and O–H groups in total. The number of halogens is 2. The van der Waals surface area contributed by atoms with Crippen LogP contribution in [-0.2, 0) is 11.3 Å². The smallest absolute Gasteiger partial charge is 0.252 e. The molecular weight excluding hydrogens is 487 g/mol. The van der Waals surface area contributed by atoms with Crippen LogP contribution < -0.4 is 15.5 Å². The van der Waals surface area contributed by atoms with Gasteiger partial charge in [-0.2, -0.15) is 0 Å². The quantitative estimate of drug-likeness (QED) is 0.525. The summed E-state index contributed by atoms with van der Waals surface area (Å²) in [5.41, 5.74) is 3.04. The van der Waals surface area contributed by atoms with Gasteiger partial charge in [0.25, 0.3) is 11.8 Å². The van der Waals surface area contributed by atoms with Crippen molar-refractivity contribution >= 4 is 46.6 Å². The Kier molecular flexibility index (Phi) is 6.95. The van der Waals surface area contributed by atoms with E-state index in [1.165, 1.54) is 23.9 Å². The number of hydrogen-bond acceptors (Lipinski definition) is 5. The third-order valence-corrected chi connectivity index (χ3v) is 7.76. The van der Waals surface area contributed by atoms with Crippen molar-refractivity contribution in [2.45, 2.75) is 16.8 Å². The van der Waals surface area contributed by atoms with E-state index in [4.69, 9.17) is 11.6 Å². The lowest BCUT2D eigenvalue weighted by molar-refractivity contribution is -0.118. The Balaban J connectivity index is 1.19. The Hall–Kier alpha value is -3.07. The zero-order valence-corrected chi connectivity index (χ0v) is 20.4. The van der Waals surface area contributed by atoms with Gasteiger partial charge in [0.1, 0.15) is 11.2 Å². The number of carbonyl (C=O) groups excluding carboxylic acids is 2. The van der Waals surface area contributed by atoms with E-state index in [1.54, 1.807) is 24.3 Å². The molecule has 0 unspecified atom stereocenters. The normalized spacial score (nSPS) is 18.1. The van der Waals surface area contributed by atoms with Gasteiger partial charge in [0, 0.05) is 53.9 Å². The topological polar surface area (TPSA) is 64.7 Å². The van der Waals surface area contributed by atoms with Crippen molar-refractivity contribution in [3.63, 3.8) is 0 Å². The third-order valence-electron chi connectivity index (χ3n) is 6.17. The zero-order valence-electron chi connectivity index (χ0n) is 18.8. The van der Waals surface area contributed by atoms with Crippen molar-refractivity contribution in [1.29, 1.82) is 0 Å². The minimum atomic E-state index is -0.315. The first-order chi connectivity index (χ1) is 17.0. The van der Waals surface area contributed by atoms with Crippen LogP contribution >= 0.6 is 23.4 Å². The zero-order chi connectivity index (χ0) is 24.4. The monoisotopic (exact) mass is 510 g/mol. The van der Waals surface area contributed by atoms with Gasteiger partial charge in [-0.3, -0.25) is 14.5 Å². The highest BCUT2D eigenvalue weighted by Crippen LogP contribution is 2.38. The largest absolute Gasteiger partial charge is 0.369 e. The molecule has 6 nitrogen and oxygen atoms in total. The van der Waals surface area contributed by atoms with Crippen LogP contribution in [0.3, 0.4) is 0 Å². The number of fused-ring (bicyclic) bond motifs is 1. The molecule has 2 aliphatic heterocycles. The van der Waals surface area contributed by atoms with E-state index in [0.29, 0.717) is 17.8 Å². The number of nitrogens with one attached hydrogen (secondary N) is 2. The minimum Gasteiger partial charge on any atom is -0.369 e. The Morgan fingerprint density at radius 2 is 1.74 bits per heavy atom. The average Bonchev–Trinajstić information content (AvgIpc) is 2.88. The summed E-state index contributed by atoms with van der Waals surface area (Å²) in [4.78, 5) is 31.0. The van der Waals surface area contributed by atoms with Crippen molar-refractivity contribution in [2.75, 3.05) is 36.4 Å². The second-order valence-electron chi connectivity index (χ2n) is 8.48. The Morgan fingerprint density at radius 1 is 1.03 bits per heavy atom. The molecule has 9 heteroatoms. The molecule has 0 aromatic heterocycles. The molecule has 0 saturated carbocycles. The second kappa shape index (κ2) is 10.3. The maximum absolute atomic E-state index is 13.1. The van der Waals surface area contributed by atoms with E-state index in [0.717, 1.165) is 47.3 Å². The van der Waals surface area contributed by atoms with Gasteiger partial charge in [-0.1, -0.05) is 35.5 Å². The van der Waals surface area contributed by atoms with Crippen LogP contribution in [0.25, 0.3) is 0 Å². The number of nitrogens with zero attached hydrogens (tertiary/aromatic N) is 2. The number of benzene rings is 3. The lowest BCUT2D eigenvalue weighted by Gasteiger charge is -2.40. The van der Waals surface area contributed by atoms with Crippen LogP contribution in [0.1, 0.15) is 15.9 Å². The van der Waals surface area contributed by atoms with Gasteiger partial charge >= 0.3 is 0 Å². The van der Waals surface area contributed by atoms with Crippen molar-refractivity contribution in [3.8, 4) is 0 Å². The summed E-state index contributed by atoms with van der Waals surface area (Å²) in [7, 11) is 0. The van der Waals surface area contributed by atoms with Crippen LogP contribution in [0, 0.1) is 5.82 Å². The summed E-state index contributed by atoms with van der Waals surface area (Å²) in [6.07, 6.45) is 0. The summed E-state index contributed by atoms with van der Waals surface area (Å²) < 4.78 is 13.1. The van der Waals surface area contributed by atoms with Crippen molar-refractivity contribution in [1.82, 2.24) is 10.2 Å². The van der Waals surface area contributed by atoms with Gasteiger partial charge in [0.15, 0.2) is 0 Å². The molecule has 2 heterocycles. The van der Waals surface area contributed by atoms with Gasteiger partial charge in [-0.05, 0) is 60.2 Å². The standard InChI is InChI=1S/C26H24ClFN4O2S/c27-19-4-8-21(9-5-19)31-11-13-32(14-12-31)26-25(34)30-22-15-18(3-10-23(22)35-26)24(33)29-16-17-1-6-20(28)7-2-17/h1-10,15,26H,11-14,16H2,(H,29,33)(H,30,34)/t26-/m0/s1. The molecule has 3 aromatic rings. The number of amides is 2. The number of carbonyl (C=O) groups is 2. The highest BCUT2D eigenvalue weighted by atomic mass is 35.5. The molecule has 180 valence electrons. The van der Waals surface area contributed by atoms with Crippen molar-refractivity contribution < 1.29 is 14.0 Å². The summed E-state index contributed by atoms with van der Waals surface area (Å²) >= 11 is 7.51. The highest BCUT2D eigenvalue weighted by molar-refractivity contribution is 8.00. The van der Waals surface area contributed by atoms with E-state index >= 15 is 0 Å². The molecule has 1 fully saturated rings. The van der Waals surface area contributed by atoms with Gasteiger partial charge < -0.3 is 15.5 Å². The minimum absolute atomic E-state index is 0.0775. The van der Waals surface area contributed by atoms with E-state index in [-0.39, 0.29) is 23.0 Å². The predicted molar refractivity (Wildman–Crippen MR) is 138 cm³/mol. The maximum atomic E-state index is 13.1. The maximum Gasteiger partial charge on any atom is 0.252 e. The summed E-state index contributed by atoms with van der Waals surface area (Å²) in [5, 5.41) is 6.22. The van der Waals surface area contributed by atoms with Gasteiger partial charge in [-0.25, -0.2) is 4.39 Å². The number of thioether (sulfide) groups is 1.